The molecule has 0 unspecified atom stereocenters. The number of imidazole rings is 1. The van der Waals surface area contributed by atoms with Gasteiger partial charge in [-0.25, -0.2) is 4.98 Å². The first-order chi connectivity index (χ1) is 7.34. The van der Waals surface area contributed by atoms with E-state index < -0.39 is 0 Å². The van der Waals surface area contributed by atoms with Crippen molar-refractivity contribution in [3.63, 3.8) is 0 Å². The number of aromatic amines is 1. The largest absolute Gasteiger partial charge is 0.347 e. The molecule has 3 heteroatoms. The van der Waals surface area contributed by atoms with E-state index in [4.69, 9.17) is 0 Å². The van der Waals surface area contributed by atoms with Crippen molar-refractivity contribution in [1.82, 2.24) is 15.3 Å². The fourth-order valence-corrected chi connectivity index (χ4v) is 1.43. The number of hydrogen-bond donors (Lipinski definition) is 2. The van der Waals surface area contributed by atoms with Gasteiger partial charge in [-0.05, 0) is 12.5 Å². The molecule has 1 aromatic heterocycles. The van der Waals surface area contributed by atoms with Crippen LogP contribution in [0.25, 0.3) is 0 Å². The molecule has 0 spiro atoms. The molecule has 78 valence electrons. The Kier molecular flexibility index (Phi) is 3.15. The van der Waals surface area contributed by atoms with E-state index in [1.54, 1.807) is 6.33 Å². The van der Waals surface area contributed by atoms with E-state index >= 15 is 0 Å². The molecule has 0 amide bonds. The Morgan fingerprint density at radius 3 is 2.67 bits per heavy atom. The zero-order chi connectivity index (χ0) is 10.5. The fraction of sp³-hybridized carbons (Fsp3) is 0.250. The smallest absolute Gasteiger partial charge is 0.0922 e. The molecule has 0 aliphatic rings. The molecule has 0 saturated carbocycles. The van der Waals surface area contributed by atoms with Crippen LogP contribution in [0.1, 0.15) is 16.8 Å². The van der Waals surface area contributed by atoms with E-state index in [1.807, 2.05) is 6.20 Å². The van der Waals surface area contributed by atoms with Crippen LogP contribution in [0.5, 0.6) is 0 Å². The number of H-pyrrole nitrogens is 1. The first-order valence-electron chi connectivity index (χ1n) is 5.08. The van der Waals surface area contributed by atoms with Crippen molar-refractivity contribution < 1.29 is 0 Å². The number of hydrogen-bond acceptors (Lipinski definition) is 2. The van der Waals surface area contributed by atoms with E-state index in [1.165, 1.54) is 11.1 Å². The highest BCUT2D eigenvalue weighted by atomic mass is 14.9. The van der Waals surface area contributed by atoms with Gasteiger partial charge in [-0.3, -0.25) is 0 Å². The van der Waals surface area contributed by atoms with Crippen LogP contribution in [-0.4, -0.2) is 9.97 Å². The summed E-state index contributed by atoms with van der Waals surface area (Å²) in [5.74, 6) is 0. The zero-order valence-corrected chi connectivity index (χ0v) is 8.83. The molecule has 0 bridgehead atoms. The Morgan fingerprint density at radius 1 is 1.20 bits per heavy atom. The van der Waals surface area contributed by atoms with Crippen molar-refractivity contribution in [2.24, 2.45) is 0 Å². The van der Waals surface area contributed by atoms with Crippen LogP contribution in [0.2, 0.25) is 0 Å². The molecule has 2 N–H and O–H groups in total. The molecule has 2 rings (SSSR count). The minimum Gasteiger partial charge on any atom is -0.347 e. The molecular weight excluding hydrogens is 186 g/mol. The summed E-state index contributed by atoms with van der Waals surface area (Å²) in [5, 5.41) is 3.35. The van der Waals surface area contributed by atoms with E-state index in [-0.39, 0.29) is 0 Å². The van der Waals surface area contributed by atoms with Gasteiger partial charge in [0.15, 0.2) is 0 Å². The number of nitrogens with zero attached hydrogens (tertiary/aromatic N) is 1. The first kappa shape index (κ1) is 9.93. The summed E-state index contributed by atoms with van der Waals surface area (Å²) >= 11 is 0. The molecule has 0 radical (unpaired) electrons. The van der Waals surface area contributed by atoms with Crippen LogP contribution in [0, 0.1) is 6.92 Å². The number of rotatable bonds is 4. The summed E-state index contributed by atoms with van der Waals surface area (Å²) < 4.78 is 0. The van der Waals surface area contributed by atoms with Crippen molar-refractivity contribution in [1.29, 1.82) is 0 Å². The van der Waals surface area contributed by atoms with Crippen LogP contribution in [0.15, 0.2) is 36.8 Å². The van der Waals surface area contributed by atoms with Gasteiger partial charge in [0.2, 0.25) is 0 Å². The van der Waals surface area contributed by atoms with Crippen LogP contribution in [0.4, 0.5) is 0 Å². The van der Waals surface area contributed by atoms with Crippen molar-refractivity contribution >= 4 is 0 Å². The molecule has 0 fully saturated rings. The Bertz CT molecular complexity index is 389. The third-order valence-corrected chi connectivity index (χ3v) is 2.32. The van der Waals surface area contributed by atoms with Crippen molar-refractivity contribution in [3.05, 3.63) is 53.6 Å². The highest BCUT2D eigenvalue weighted by Gasteiger charge is 1.94. The molecule has 3 nitrogen and oxygen atoms in total. The second-order valence-corrected chi connectivity index (χ2v) is 3.67. The lowest BCUT2D eigenvalue weighted by molar-refractivity contribution is 0.682. The SMILES string of the molecule is Cc1ccc(CNCc2cnc[nH]2)cc1. The van der Waals surface area contributed by atoms with Gasteiger partial charge in [-0.1, -0.05) is 29.8 Å². The highest BCUT2D eigenvalue weighted by molar-refractivity contribution is 5.21. The summed E-state index contributed by atoms with van der Waals surface area (Å²) in [5.41, 5.74) is 3.72. The standard InChI is InChI=1S/C12H15N3/c1-10-2-4-11(5-3-10)6-13-7-12-8-14-9-15-12/h2-5,8-9,13H,6-7H2,1H3,(H,14,15). The van der Waals surface area contributed by atoms with E-state index in [2.05, 4.69) is 46.5 Å². The molecule has 1 heterocycles. The van der Waals surface area contributed by atoms with Gasteiger partial charge in [0, 0.05) is 25.0 Å². The lowest BCUT2D eigenvalue weighted by Crippen LogP contribution is -2.12. The maximum absolute atomic E-state index is 3.96. The number of aryl methyl sites for hydroxylation is 1. The third kappa shape index (κ3) is 2.92. The molecule has 0 saturated heterocycles. The second kappa shape index (κ2) is 4.75. The number of nitrogens with one attached hydrogen (secondary N) is 2. The van der Waals surface area contributed by atoms with Gasteiger partial charge >= 0.3 is 0 Å². The van der Waals surface area contributed by atoms with Gasteiger partial charge in [0.1, 0.15) is 0 Å². The normalized spacial score (nSPS) is 10.5. The van der Waals surface area contributed by atoms with Crippen molar-refractivity contribution in [2.75, 3.05) is 0 Å². The zero-order valence-electron chi connectivity index (χ0n) is 8.83. The first-order valence-corrected chi connectivity index (χ1v) is 5.08. The Morgan fingerprint density at radius 2 is 2.00 bits per heavy atom. The molecule has 0 aliphatic carbocycles. The van der Waals surface area contributed by atoms with Gasteiger partial charge < -0.3 is 10.3 Å². The molecular formula is C12H15N3. The van der Waals surface area contributed by atoms with Gasteiger partial charge in [-0.2, -0.15) is 0 Å². The average Bonchev–Trinajstić information content (AvgIpc) is 2.74. The van der Waals surface area contributed by atoms with E-state index in [0.29, 0.717) is 0 Å². The van der Waals surface area contributed by atoms with Crippen LogP contribution < -0.4 is 5.32 Å². The summed E-state index contributed by atoms with van der Waals surface area (Å²) in [7, 11) is 0. The summed E-state index contributed by atoms with van der Waals surface area (Å²) in [6, 6.07) is 8.56. The predicted molar refractivity (Wildman–Crippen MR) is 60.3 cm³/mol. The number of benzene rings is 1. The maximum Gasteiger partial charge on any atom is 0.0922 e. The summed E-state index contributed by atoms with van der Waals surface area (Å²) in [4.78, 5) is 7.02. The Balaban J connectivity index is 1.81. The van der Waals surface area contributed by atoms with Crippen LogP contribution >= 0.6 is 0 Å². The van der Waals surface area contributed by atoms with Gasteiger partial charge in [0.25, 0.3) is 0 Å². The lowest BCUT2D eigenvalue weighted by atomic mass is 10.1. The predicted octanol–water partition coefficient (Wildman–Crippen LogP) is 2.01. The van der Waals surface area contributed by atoms with Crippen molar-refractivity contribution in [3.8, 4) is 0 Å². The van der Waals surface area contributed by atoms with Crippen molar-refractivity contribution in [2.45, 2.75) is 20.0 Å². The van der Waals surface area contributed by atoms with Crippen LogP contribution in [-0.2, 0) is 13.1 Å². The molecule has 15 heavy (non-hydrogen) atoms. The van der Waals surface area contributed by atoms with E-state index in [9.17, 15) is 0 Å². The molecule has 0 aliphatic heterocycles. The van der Waals surface area contributed by atoms with Crippen LogP contribution in [0.3, 0.4) is 0 Å². The highest BCUT2D eigenvalue weighted by Crippen LogP contribution is 2.02. The fourth-order valence-electron chi connectivity index (χ4n) is 1.43. The minimum atomic E-state index is 0.827. The summed E-state index contributed by atoms with van der Waals surface area (Å²) in [6.45, 7) is 3.81. The molecule has 1 aromatic carbocycles. The average molecular weight is 201 g/mol. The lowest BCUT2D eigenvalue weighted by Gasteiger charge is -2.03. The number of aromatic nitrogens is 2. The van der Waals surface area contributed by atoms with Gasteiger partial charge in [0.05, 0.1) is 6.33 Å². The third-order valence-electron chi connectivity index (χ3n) is 2.32. The van der Waals surface area contributed by atoms with Gasteiger partial charge in [-0.15, -0.1) is 0 Å². The second-order valence-electron chi connectivity index (χ2n) is 3.67. The maximum atomic E-state index is 3.96. The Hall–Kier alpha value is -1.61. The Labute approximate surface area is 89.6 Å². The van der Waals surface area contributed by atoms with E-state index in [0.717, 1.165) is 18.8 Å². The minimum absolute atomic E-state index is 0.827. The summed E-state index contributed by atoms with van der Waals surface area (Å²) in [6.07, 6.45) is 3.53. The quantitative estimate of drug-likeness (QED) is 0.794. The topological polar surface area (TPSA) is 40.7 Å². The monoisotopic (exact) mass is 201 g/mol. The molecule has 0 atom stereocenters. The molecule has 2 aromatic rings.